The van der Waals surface area contributed by atoms with E-state index >= 15 is 0 Å². The van der Waals surface area contributed by atoms with Gasteiger partial charge >= 0.3 is 0 Å². The van der Waals surface area contributed by atoms with Gasteiger partial charge in [-0.1, -0.05) is 24.3 Å². The molecule has 0 spiro atoms. The Labute approximate surface area is 163 Å². The second-order valence-corrected chi connectivity index (χ2v) is 6.94. The molecule has 144 valence electrons. The van der Waals surface area contributed by atoms with Crippen molar-refractivity contribution < 1.29 is 9.90 Å². The molecule has 0 heterocycles. The molecule has 3 atom stereocenters. The largest absolute Gasteiger partial charge is 0.391 e. The molecule has 0 aromatic heterocycles. The number of nitrogens with zero attached hydrogens (tertiary/aromatic N) is 2. The first-order valence-corrected chi connectivity index (χ1v) is 8.28. The number of carbonyl (C=O) groups excluding carboxylic acids is 1. The van der Waals surface area contributed by atoms with Crippen LogP contribution in [0, 0.1) is 5.92 Å². The fourth-order valence-electron chi connectivity index (χ4n) is 3.25. The van der Waals surface area contributed by atoms with Crippen LogP contribution in [0.5, 0.6) is 0 Å². The average Bonchev–Trinajstić information content (AvgIpc) is 2.50. The van der Waals surface area contributed by atoms with Crippen molar-refractivity contribution in [3.05, 3.63) is 35.4 Å². The van der Waals surface area contributed by atoms with Crippen LogP contribution in [0.2, 0.25) is 0 Å². The lowest BCUT2D eigenvalue weighted by Crippen LogP contribution is -2.44. The molecule has 2 rings (SSSR count). The highest BCUT2D eigenvalue weighted by atomic mass is 35.5. The summed E-state index contributed by atoms with van der Waals surface area (Å²) >= 11 is 0. The summed E-state index contributed by atoms with van der Waals surface area (Å²) in [5, 5.41) is 9.91. The first-order chi connectivity index (χ1) is 10.9. The van der Waals surface area contributed by atoms with Crippen LogP contribution in [0.4, 0.5) is 0 Å². The third-order valence-corrected chi connectivity index (χ3v) is 4.61. The lowest BCUT2D eigenvalue weighted by Gasteiger charge is -2.32. The van der Waals surface area contributed by atoms with Crippen molar-refractivity contribution >= 4 is 30.7 Å². The van der Waals surface area contributed by atoms with Gasteiger partial charge in [0.05, 0.1) is 6.10 Å². The lowest BCUT2D eigenvalue weighted by atomic mass is 9.83. The zero-order valence-corrected chi connectivity index (χ0v) is 16.9. The zero-order valence-electron chi connectivity index (χ0n) is 15.2. The summed E-state index contributed by atoms with van der Waals surface area (Å²) in [6.45, 7) is 1.46. The van der Waals surface area contributed by atoms with Crippen LogP contribution in [0.15, 0.2) is 24.3 Å². The van der Waals surface area contributed by atoms with E-state index in [0.29, 0.717) is 19.4 Å². The number of amides is 1. The van der Waals surface area contributed by atoms with E-state index in [-0.39, 0.29) is 42.7 Å². The molecule has 0 unspecified atom stereocenters. The number of benzene rings is 1. The topological polar surface area (TPSA) is 69.8 Å². The predicted octanol–water partition coefficient (Wildman–Crippen LogP) is 2.04. The maximum atomic E-state index is 12.7. The van der Waals surface area contributed by atoms with Gasteiger partial charge in [-0.05, 0) is 44.5 Å². The van der Waals surface area contributed by atoms with E-state index in [0.717, 1.165) is 13.0 Å². The van der Waals surface area contributed by atoms with E-state index in [1.165, 1.54) is 11.1 Å². The SMILES string of the molecule is CN(C)Cc1ccccc1CN(C)C(=O)[C@H]1CC[C@H](N)[C@@H](O)C1.Cl.Cl. The van der Waals surface area contributed by atoms with E-state index in [2.05, 4.69) is 17.0 Å². The Kier molecular flexibility index (Phi) is 10.6. The van der Waals surface area contributed by atoms with E-state index in [9.17, 15) is 9.90 Å². The van der Waals surface area contributed by atoms with Crippen LogP contribution in [0.25, 0.3) is 0 Å². The minimum atomic E-state index is -0.563. The lowest BCUT2D eigenvalue weighted by molar-refractivity contribution is -0.137. The van der Waals surface area contributed by atoms with Gasteiger partial charge in [0.1, 0.15) is 0 Å². The van der Waals surface area contributed by atoms with Crippen LogP contribution in [0.1, 0.15) is 30.4 Å². The molecule has 1 aliphatic carbocycles. The number of aliphatic hydroxyl groups is 1. The summed E-state index contributed by atoms with van der Waals surface area (Å²) in [7, 11) is 5.92. The Morgan fingerprint density at radius 3 is 2.20 bits per heavy atom. The zero-order chi connectivity index (χ0) is 17.0. The molecule has 1 aliphatic rings. The molecule has 7 heteroatoms. The van der Waals surface area contributed by atoms with Gasteiger partial charge in [0.15, 0.2) is 0 Å². The van der Waals surface area contributed by atoms with Gasteiger partial charge < -0.3 is 20.6 Å². The molecule has 5 nitrogen and oxygen atoms in total. The highest BCUT2D eigenvalue weighted by Crippen LogP contribution is 2.26. The molecule has 0 saturated heterocycles. The smallest absolute Gasteiger partial charge is 0.225 e. The minimum Gasteiger partial charge on any atom is -0.391 e. The Bertz CT molecular complexity index is 543. The summed E-state index contributed by atoms with van der Waals surface area (Å²) < 4.78 is 0. The number of halogens is 2. The van der Waals surface area contributed by atoms with Crippen molar-refractivity contribution in [3.8, 4) is 0 Å². The predicted molar refractivity (Wildman–Crippen MR) is 106 cm³/mol. The summed E-state index contributed by atoms with van der Waals surface area (Å²) in [6, 6.07) is 8.04. The van der Waals surface area contributed by atoms with Crippen molar-refractivity contribution in [2.75, 3.05) is 21.1 Å². The molecule has 1 fully saturated rings. The Balaban J connectivity index is 0.00000288. The first-order valence-electron chi connectivity index (χ1n) is 8.28. The molecular weight excluding hydrogens is 361 g/mol. The number of nitrogens with two attached hydrogens (primary N) is 1. The fourth-order valence-corrected chi connectivity index (χ4v) is 3.25. The molecule has 0 bridgehead atoms. The highest BCUT2D eigenvalue weighted by molar-refractivity contribution is 5.85. The second-order valence-electron chi connectivity index (χ2n) is 6.94. The molecule has 3 N–H and O–H groups in total. The van der Waals surface area contributed by atoms with Crippen LogP contribution in [-0.2, 0) is 17.9 Å². The van der Waals surface area contributed by atoms with Gasteiger partial charge in [-0.15, -0.1) is 24.8 Å². The van der Waals surface area contributed by atoms with E-state index in [1.54, 1.807) is 4.90 Å². The third-order valence-electron chi connectivity index (χ3n) is 4.61. The molecule has 0 radical (unpaired) electrons. The van der Waals surface area contributed by atoms with Crippen molar-refractivity contribution in [3.63, 3.8) is 0 Å². The van der Waals surface area contributed by atoms with Crippen LogP contribution < -0.4 is 5.73 Å². The van der Waals surface area contributed by atoms with E-state index < -0.39 is 6.10 Å². The van der Waals surface area contributed by atoms with Crippen molar-refractivity contribution in [2.24, 2.45) is 11.7 Å². The number of hydrogen-bond donors (Lipinski definition) is 2. The van der Waals surface area contributed by atoms with Crippen LogP contribution in [0.3, 0.4) is 0 Å². The summed E-state index contributed by atoms with van der Waals surface area (Å²) in [6.07, 6.45) is 1.39. The molecule has 1 saturated carbocycles. The number of aliphatic hydroxyl groups excluding tert-OH is 1. The molecule has 1 aromatic carbocycles. The van der Waals surface area contributed by atoms with Gasteiger partial charge in [0, 0.05) is 32.1 Å². The normalized spacial score (nSPS) is 22.7. The molecular formula is C18H31Cl2N3O2. The summed E-state index contributed by atoms with van der Waals surface area (Å²) in [4.78, 5) is 16.6. The van der Waals surface area contributed by atoms with Gasteiger partial charge in [-0.25, -0.2) is 0 Å². The molecule has 1 amide bonds. The maximum Gasteiger partial charge on any atom is 0.225 e. The van der Waals surface area contributed by atoms with Crippen molar-refractivity contribution in [1.82, 2.24) is 9.80 Å². The molecule has 1 aromatic rings. The highest BCUT2D eigenvalue weighted by Gasteiger charge is 2.32. The Morgan fingerprint density at radius 2 is 1.68 bits per heavy atom. The molecule has 25 heavy (non-hydrogen) atoms. The maximum absolute atomic E-state index is 12.7. The van der Waals surface area contributed by atoms with Crippen LogP contribution >= 0.6 is 24.8 Å². The number of hydrogen-bond acceptors (Lipinski definition) is 4. The number of rotatable bonds is 5. The summed E-state index contributed by atoms with van der Waals surface area (Å²) in [5.74, 6) is -0.00795. The number of carbonyl (C=O) groups is 1. The van der Waals surface area contributed by atoms with Gasteiger partial charge in [-0.2, -0.15) is 0 Å². The third kappa shape index (κ3) is 6.76. The van der Waals surface area contributed by atoms with Gasteiger partial charge in [0.25, 0.3) is 0 Å². The van der Waals surface area contributed by atoms with Crippen LogP contribution in [-0.4, -0.2) is 54.1 Å². The minimum absolute atomic E-state index is 0. The Morgan fingerprint density at radius 1 is 1.12 bits per heavy atom. The second kappa shape index (κ2) is 11.0. The molecule has 0 aliphatic heterocycles. The monoisotopic (exact) mass is 391 g/mol. The Hall–Kier alpha value is -0.850. The standard InChI is InChI=1S/C18H29N3O2.2ClH/c1-20(2)11-14-6-4-5-7-15(14)12-21(3)18(23)13-8-9-16(19)17(22)10-13;;/h4-7,13,16-17,22H,8-12,19H2,1-3H3;2*1H/t13-,16-,17-;;/m0../s1. The average molecular weight is 392 g/mol. The van der Waals surface area contributed by atoms with E-state index in [1.807, 2.05) is 33.3 Å². The summed E-state index contributed by atoms with van der Waals surface area (Å²) in [5.41, 5.74) is 8.24. The van der Waals surface area contributed by atoms with Gasteiger partial charge in [-0.3, -0.25) is 4.79 Å². The quantitative estimate of drug-likeness (QED) is 0.805. The fraction of sp³-hybridized carbons (Fsp3) is 0.611. The van der Waals surface area contributed by atoms with Crippen molar-refractivity contribution in [2.45, 2.75) is 44.5 Å². The van der Waals surface area contributed by atoms with Crippen molar-refractivity contribution in [1.29, 1.82) is 0 Å². The van der Waals surface area contributed by atoms with Gasteiger partial charge in [0.2, 0.25) is 5.91 Å². The first kappa shape index (κ1) is 24.1. The van der Waals surface area contributed by atoms with E-state index in [4.69, 9.17) is 5.73 Å².